The van der Waals surface area contributed by atoms with Crippen LogP contribution in [0.5, 0.6) is 0 Å². The molecule has 0 atom stereocenters. The van der Waals surface area contributed by atoms with Crippen molar-refractivity contribution in [2.45, 2.75) is 25.7 Å². The smallest absolute Gasteiger partial charge is 0.226 e. The normalized spacial score (nSPS) is 9.00. The zero-order chi connectivity index (χ0) is 9.40. The minimum absolute atomic E-state index is 0.256. The maximum Gasteiger partial charge on any atom is 0.226 e. The van der Waals surface area contributed by atoms with Crippen LogP contribution in [0.2, 0.25) is 0 Å². The van der Waals surface area contributed by atoms with Gasteiger partial charge >= 0.3 is 0 Å². The number of hydrogen-bond donors (Lipinski definition) is 2. The Morgan fingerprint density at radius 1 is 1.25 bits per heavy atom. The van der Waals surface area contributed by atoms with Gasteiger partial charge in [-0.1, -0.05) is 0 Å². The van der Waals surface area contributed by atoms with Gasteiger partial charge in [0.2, 0.25) is 18.2 Å². The number of imide groups is 1. The first-order chi connectivity index (χ1) is 5.66. The number of nitrogens with two attached hydrogens (primary N) is 1. The molecule has 0 unspecified atom stereocenters. The molecule has 0 aliphatic carbocycles. The Hall–Kier alpha value is -1.39. The number of nitrogens with one attached hydrogen (secondary N) is 1. The first-order valence-corrected chi connectivity index (χ1v) is 3.68. The van der Waals surface area contributed by atoms with Gasteiger partial charge in [0.05, 0.1) is 0 Å². The third-order valence-corrected chi connectivity index (χ3v) is 1.30. The van der Waals surface area contributed by atoms with E-state index >= 15 is 0 Å². The summed E-state index contributed by atoms with van der Waals surface area (Å²) in [6, 6.07) is 0. The van der Waals surface area contributed by atoms with E-state index in [1.165, 1.54) is 0 Å². The maximum atomic E-state index is 10.6. The van der Waals surface area contributed by atoms with Gasteiger partial charge < -0.3 is 5.73 Å². The topological polar surface area (TPSA) is 89.3 Å². The quantitative estimate of drug-likeness (QED) is 0.410. The molecule has 0 aromatic rings. The second-order valence-corrected chi connectivity index (χ2v) is 2.36. The number of carbonyl (C=O) groups is 3. The van der Waals surface area contributed by atoms with Crippen LogP contribution in [-0.2, 0) is 14.4 Å². The molecule has 0 radical (unpaired) electrons. The van der Waals surface area contributed by atoms with Gasteiger partial charge in [-0.2, -0.15) is 0 Å². The van der Waals surface area contributed by atoms with Crippen molar-refractivity contribution in [2.75, 3.05) is 0 Å². The van der Waals surface area contributed by atoms with Gasteiger partial charge in [-0.3, -0.25) is 19.7 Å². The molecule has 0 heterocycles. The molecule has 0 fully saturated rings. The fourth-order valence-electron chi connectivity index (χ4n) is 0.723. The van der Waals surface area contributed by atoms with E-state index in [-0.39, 0.29) is 24.7 Å². The Balaban J connectivity index is 3.25. The summed E-state index contributed by atoms with van der Waals surface area (Å²) in [5.74, 6) is -0.694. The van der Waals surface area contributed by atoms with Gasteiger partial charge in [0, 0.05) is 12.8 Å². The third kappa shape index (κ3) is 6.73. The highest BCUT2D eigenvalue weighted by atomic mass is 16.2. The van der Waals surface area contributed by atoms with Gasteiger partial charge in [-0.15, -0.1) is 0 Å². The van der Waals surface area contributed by atoms with Crippen molar-refractivity contribution in [1.29, 1.82) is 0 Å². The lowest BCUT2D eigenvalue weighted by Crippen LogP contribution is -2.20. The molecule has 3 N–H and O–H groups in total. The van der Waals surface area contributed by atoms with Crippen molar-refractivity contribution < 1.29 is 14.4 Å². The molecule has 0 aromatic carbocycles. The predicted molar refractivity (Wildman–Crippen MR) is 41.9 cm³/mol. The molecule has 0 bridgehead atoms. The summed E-state index contributed by atoms with van der Waals surface area (Å²) in [6.07, 6.45) is 2.04. The Kier molecular flexibility index (Phi) is 5.60. The van der Waals surface area contributed by atoms with Gasteiger partial charge in [0.15, 0.2) is 0 Å². The van der Waals surface area contributed by atoms with E-state index in [9.17, 15) is 14.4 Å². The van der Waals surface area contributed by atoms with Crippen molar-refractivity contribution in [3.05, 3.63) is 0 Å². The van der Waals surface area contributed by atoms with Crippen LogP contribution in [0.4, 0.5) is 0 Å². The lowest BCUT2D eigenvalue weighted by atomic mass is 10.2. The molecule has 5 heteroatoms. The summed E-state index contributed by atoms with van der Waals surface area (Å²) < 4.78 is 0. The van der Waals surface area contributed by atoms with Gasteiger partial charge in [-0.25, -0.2) is 0 Å². The van der Waals surface area contributed by atoms with E-state index in [1.54, 1.807) is 0 Å². The van der Waals surface area contributed by atoms with E-state index in [0.29, 0.717) is 19.3 Å². The van der Waals surface area contributed by atoms with Crippen molar-refractivity contribution in [3.63, 3.8) is 0 Å². The highest BCUT2D eigenvalue weighted by Gasteiger charge is 1.99. The van der Waals surface area contributed by atoms with E-state index in [2.05, 4.69) is 0 Å². The predicted octanol–water partition coefficient (Wildman–Crippen LogP) is -0.695. The minimum atomic E-state index is -0.370. The maximum absolute atomic E-state index is 10.6. The van der Waals surface area contributed by atoms with Crippen molar-refractivity contribution in [1.82, 2.24) is 5.32 Å². The highest BCUT2D eigenvalue weighted by Crippen LogP contribution is 1.98. The standard InChI is InChI=1S/C7H12N2O3/c8-6(11)3-1-2-4-7(12)9-5-10/h5H,1-4H2,(H2,8,11)(H,9,10,12). The first kappa shape index (κ1) is 10.6. The van der Waals surface area contributed by atoms with E-state index in [0.717, 1.165) is 0 Å². The number of rotatable bonds is 6. The van der Waals surface area contributed by atoms with E-state index in [4.69, 9.17) is 5.73 Å². The number of unbranched alkanes of at least 4 members (excludes halogenated alkanes) is 1. The second-order valence-electron chi connectivity index (χ2n) is 2.36. The van der Waals surface area contributed by atoms with Crippen molar-refractivity contribution >= 4 is 18.2 Å². The summed E-state index contributed by atoms with van der Waals surface area (Å²) >= 11 is 0. The summed E-state index contributed by atoms with van der Waals surface area (Å²) in [7, 11) is 0. The van der Waals surface area contributed by atoms with Crippen LogP contribution < -0.4 is 11.1 Å². The lowest BCUT2D eigenvalue weighted by molar-refractivity contribution is -0.125. The molecule has 68 valence electrons. The number of hydrogen-bond acceptors (Lipinski definition) is 3. The van der Waals surface area contributed by atoms with Crippen LogP contribution in [0.15, 0.2) is 0 Å². The Morgan fingerprint density at radius 2 is 1.83 bits per heavy atom. The summed E-state index contributed by atoms with van der Waals surface area (Å²) in [4.78, 5) is 30.6. The molecule has 0 aliphatic rings. The first-order valence-electron chi connectivity index (χ1n) is 3.68. The third-order valence-electron chi connectivity index (χ3n) is 1.30. The molecule has 0 saturated heterocycles. The zero-order valence-corrected chi connectivity index (χ0v) is 6.71. The SMILES string of the molecule is NC(=O)CCCCC(=O)NC=O. The molecular formula is C7H12N2O3. The number of carbonyl (C=O) groups excluding carboxylic acids is 3. The second kappa shape index (κ2) is 6.33. The molecular weight excluding hydrogens is 160 g/mol. The average Bonchev–Trinajstić information content (AvgIpc) is 1.98. The average molecular weight is 172 g/mol. The van der Waals surface area contributed by atoms with Crippen LogP contribution in [0.25, 0.3) is 0 Å². The van der Waals surface area contributed by atoms with Crippen LogP contribution >= 0.6 is 0 Å². The number of primary amides is 1. The monoisotopic (exact) mass is 172 g/mol. The van der Waals surface area contributed by atoms with Crippen LogP contribution in [0, 0.1) is 0 Å². The van der Waals surface area contributed by atoms with Crippen LogP contribution in [0.3, 0.4) is 0 Å². The number of amides is 3. The summed E-state index contributed by atoms with van der Waals surface area (Å²) in [6.45, 7) is 0. The molecule has 5 nitrogen and oxygen atoms in total. The van der Waals surface area contributed by atoms with Gasteiger partial charge in [0.1, 0.15) is 0 Å². The highest BCUT2D eigenvalue weighted by molar-refractivity contribution is 5.85. The largest absolute Gasteiger partial charge is 0.370 e. The lowest BCUT2D eigenvalue weighted by Gasteiger charge is -1.96. The fraction of sp³-hybridized carbons (Fsp3) is 0.571. The van der Waals surface area contributed by atoms with Crippen molar-refractivity contribution in [2.24, 2.45) is 5.73 Å². The summed E-state index contributed by atoms with van der Waals surface area (Å²) in [5, 5.41) is 2.00. The van der Waals surface area contributed by atoms with Crippen LogP contribution in [-0.4, -0.2) is 18.2 Å². The molecule has 3 amide bonds. The molecule has 0 aromatic heterocycles. The van der Waals surface area contributed by atoms with Crippen LogP contribution in [0.1, 0.15) is 25.7 Å². The Morgan fingerprint density at radius 3 is 2.33 bits per heavy atom. The fourth-order valence-corrected chi connectivity index (χ4v) is 0.723. The molecule has 12 heavy (non-hydrogen) atoms. The zero-order valence-electron chi connectivity index (χ0n) is 6.71. The minimum Gasteiger partial charge on any atom is -0.370 e. The molecule has 0 aliphatic heterocycles. The Labute approximate surface area is 70.3 Å². The van der Waals surface area contributed by atoms with Gasteiger partial charge in [0.25, 0.3) is 0 Å². The van der Waals surface area contributed by atoms with Gasteiger partial charge in [-0.05, 0) is 12.8 Å². The Bertz CT molecular complexity index is 179. The van der Waals surface area contributed by atoms with E-state index < -0.39 is 0 Å². The van der Waals surface area contributed by atoms with Crippen molar-refractivity contribution in [3.8, 4) is 0 Å². The molecule has 0 rings (SSSR count). The molecule has 0 spiro atoms. The van der Waals surface area contributed by atoms with E-state index in [1.807, 2.05) is 5.32 Å². The summed E-state index contributed by atoms with van der Waals surface area (Å²) in [5.41, 5.74) is 4.87. The molecule has 0 saturated carbocycles.